The minimum absolute atomic E-state index is 0.244. The van der Waals surface area contributed by atoms with Crippen molar-refractivity contribution in [2.75, 3.05) is 5.75 Å². The van der Waals surface area contributed by atoms with Crippen LogP contribution < -0.4 is 5.32 Å². The summed E-state index contributed by atoms with van der Waals surface area (Å²) in [6, 6.07) is -0.971. The van der Waals surface area contributed by atoms with Gasteiger partial charge in [-0.3, -0.25) is 9.35 Å². The summed E-state index contributed by atoms with van der Waals surface area (Å²) in [7, 11) is -4.31. The van der Waals surface area contributed by atoms with Gasteiger partial charge in [-0.25, -0.2) is 0 Å². The number of carbonyl (C=O) groups excluding carboxylic acids is 1. The molecule has 56 heavy (non-hydrogen) atoms. The highest BCUT2D eigenvalue weighted by molar-refractivity contribution is 7.85. The molecule has 0 saturated heterocycles. The van der Waals surface area contributed by atoms with Crippen LogP contribution in [0.2, 0.25) is 0 Å². The molecule has 0 fully saturated rings. The van der Waals surface area contributed by atoms with Crippen molar-refractivity contribution in [3.63, 3.8) is 0 Å². The van der Waals surface area contributed by atoms with Gasteiger partial charge in [-0.2, -0.15) is 8.42 Å². The third-order valence-electron chi connectivity index (χ3n) is 11.4. The smallest absolute Gasteiger partial charge is 0.266 e. The summed E-state index contributed by atoms with van der Waals surface area (Å²) >= 11 is 0. The zero-order valence-corrected chi connectivity index (χ0v) is 38.1. The minimum atomic E-state index is -4.31. The Hall–Kier alpha value is -1.18. The molecule has 0 aliphatic rings. The second-order valence-electron chi connectivity index (χ2n) is 17.1. The van der Waals surface area contributed by atoms with E-state index in [-0.39, 0.29) is 5.91 Å². The van der Waals surface area contributed by atoms with Crippen molar-refractivity contribution in [3.8, 4) is 0 Å². The fraction of sp³-hybridized carbons (Fsp3) is 0.898. The van der Waals surface area contributed by atoms with E-state index in [4.69, 9.17) is 0 Å². The van der Waals surface area contributed by atoms with Crippen LogP contribution in [-0.2, 0) is 14.9 Å². The average molecular weight is 810 g/mol. The van der Waals surface area contributed by atoms with Crippen LogP contribution in [0.25, 0.3) is 0 Å². The molecule has 1 amide bonds. The number of nitrogens with one attached hydrogen (secondary N) is 1. The average Bonchev–Trinajstić information content (AvgIpc) is 3.16. The molecule has 3 N–H and O–H groups in total. The van der Waals surface area contributed by atoms with Crippen molar-refractivity contribution < 1.29 is 22.9 Å². The van der Waals surface area contributed by atoms with Crippen molar-refractivity contribution in [1.29, 1.82) is 0 Å². The van der Waals surface area contributed by atoms with Crippen LogP contribution in [0.4, 0.5) is 0 Å². The highest BCUT2D eigenvalue weighted by Gasteiger charge is 2.26. The Bertz CT molecular complexity index is 981. The van der Waals surface area contributed by atoms with Gasteiger partial charge in [0.05, 0.1) is 17.9 Å². The van der Waals surface area contributed by atoms with Gasteiger partial charge in [0.1, 0.15) is 0 Å². The maximum atomic E-state index is 12.6. The van der Waals surface area contributed by atoms with Crippen molar-refractivity contribution in [2.45, 2.75) is 276 Å². The van der Waals surface area contributed by atoms with Crippen LogP contribution >= 0.6 is 0 Å². The van der Waals surface area contributed by atoms with E-state index in [9.17, 15) is 22.9 Å². The molecular formula is C49H95NO5S. The van der Waals surface area contributed by atoms with Crippen molar-refractivity contribution >= 4 is 16.0 Å². The number of rotatable bonds is 45. The standard InChI is InChI=1S/C49H95NO5S/c1-3-5-7-9-11-13-15-17-19-21-23-24-25-26-27-29-31-33-35-37-39-41-43-45-49(52)50-47(46-56(53,54)55)48(51)44-42-40-38-36-34-32-30-28-22-20-18-16-14-12-10-8-6-4-2/h15,17,21,23,47-48,51H,3-14,16,18-20,22,24-46H2,1-2H3,(H,50,52)(H,53,54,55)/b17-15-,23-21-. The van der Waals surface area contributed by atoms with Crippen LogP contribution in [0.1, 0.15) is 264 Å². The first-order chi connectivity index (χ1) is 27.3. The quantitative estimate of drug-likeness (QED) is 0.0323. The third kappa shape index (κ3) is 43.9. The predicted molar refractivity (Wildman–Crippen MR) is 244 cm³/mol. The molecule has 0 aliphatic carbocycles. The number of aliphatic hydroxyl groups is 1. The van der Waals surface area contributed by atoms with Crippen molar-refractivity contribution in [1.82, 2.24) is 5.32 Å². The van der Waals surface area contributed by atoms with E-state index in [1.807, 2.05) is 0 Å². The Morgan fingerprint density at radius 2 is 0.804 bits per heavy atom. The van der Waals surface area contributed by atoms with E-state index in [0.717, 1.165) is 44.9 Å². The zero-order valence-electron chi connectivity index (χ0n) is 37.3. The molecule has 0 bridgehead atoms. The van der Waals surface area contributed by atoms with Gasteiger partial charge in [0.2, 0.25) is 5.91 Å². The molecule has 0 aromatic heterocycles. The van der Waals surface area contributed by atoms with Crippen LogP contribution in [0.15, 0.2) is 24.3 Å². The Morgan fingerprint density at radius 1 is 0.482 bits per heavy atom. The van der Waals surface area contributed by atoms with E-state index < -0.39 is 28.0 Å². The van der Waals surface area contributed by atoms with Gasteiger partial charge < -0.3 is 10.4 Å². The minimum Gasteiger partial charge on any atom is -0.391 e. The molecule has 332 valence electrons. The van der Waals surface area contributed by atoms with Gasteiger partial charge in [0.15, 0.2) is 0 Å². The summed E-state index contributed by atoms with van der Waals surface area (Å²) in [5.74, 6) is -0.890. The predicted octanol–water partition coefficient (Wildman–Crippen LogP) is 15.1. The van der Waals surface area contributed by atoms with Crippen molar-refractivity contribution in [2.24, 2.45) is 0 Å². The van der Waals surface area contributed by atoms with Crippen LogP contribution in [-0.4, -0.2) is 41.9 Å². The molecule has 0 aromatic carbocycles. The van der Waals surface area contributed by atoms with Gasteiger partial charge in [-0.15, -0.1) is 0 Å². The lowest BCUT2D eigenvalue weighted by Gasteiger charge is -2.23. The lowest BCUT2D eigenvalue weighted by atomic mass is 10.0. The number of unbranched alkanes of at least 4 members (excludes halogenated alkanes) is 33. The fourth-order valence-electron chi connectivity index (χ4n) is 7.72. The highest BCUT2D eigenvalue weighted by atomic mass is 32.2. The normalized spacial score (nSPS) is 13.3. The largest absolute Gasteiger partial charge is 0.391 e. The lowest BCUT2D eigenvalue weighted by molar-refractivity contribution is -0.122. The van der Waals surface area contributed by atoms with Gasteiger partial charge in [0.25, 0.3) is 10.1 Å². The lowest BCUT2D eigenvalue weighted by Crippen LogP contribution is -2.47. The van der Waals surface area contributed by atoms with E-state index in [1.165, 1.54) is 193 Å². The summed E-state index contributed by atoms with van der Waals surface area (Å²) in [5, 5.41) is 13.4. The summed E-state index contributed by atoms with van der Waals surface area (Å²) in [6.45, 7) is 4.54. The second kappa shape index (κ2) is 43.4. The zero-order chi connectivity index (χ0) is 41.1. The molecule has 0 aliphatic heterocycles. The monoisotopic (exact) mass is 810 g/mol. The van der Waals surface area contributed by atoms with Crippen LogP contribution in [0, 0.1) is 0 Å². The Labute approximate surface area is 349 Å². The Morgan fingerprint density at radius 3 is 1.16 bits per heavy atom. The fourth-order valence-corrected chi connectivity index (χ4v) is 8.48. The summed E-state index contributed by atoms with van der Waals surface area (Å²) < 4.78 is 32.7. The molecule has 0 radical (unpaired) electrons. The number of carbonyl (C=O) groups is 1. The van der Waals surface area contributed by atoms with Gasteiger partial charge in [-0.1, -0.05) is 237 Å². The summed E-state index contributed by atoms with van der Waals surface area (Å²) in [6.07, 6.45) is 55.7. The van der Waals surface area contributed by atoms with E-state index in [2.05, 4.69) is 43.5 Å². The van der Waals surface area contributed by atoms with Gasteiger partial charge >= 0.3 is 0 Å². The molecule has 6 nitrogen and oxygen atoms in total. The Balaban J connectivity index is 3.76. The number of amides is 1. The van der Waals surface area contributed by atoms with E-state index >= 15 is 0 Å². The van der Waals surface area contributed by atoms with Gasteiger partial charge in [0, 0.05) is 6.42 Å². The maximum Gasteiger partial charge on any atom is 0.266 e. The first-order valence-electron chi connectivity index (χ1n) is 24.5. The van der Waals surface area contributed by atoms with Crippen LogP contribution in [0.5, 0.6) is 0 Å². The first kappa shape index (κ1) is 54.8. The number of hydrogen-bond acceptors (Lipinski definition) is 4. The third-order valence-corrected chi connectivity index (χ3v) is 12.2. The van der Waals surface area contributed by atoms with E-state index in [0.29, 0.717) is 12.8 Å². The maximum absolute atomic E-state index is 12.6. The molecule has 0 rings (SSSR count). The number of allylic oxidation sites excluding steroid dienone is 4. The van der Waals surface area contributed by atoms with E-state index in [1.54, 1.807) is 0 Å². The molecule has 0 spiro atoms. The molecule has 2 unspecified atom stereocenters. The molecule has 0 aromatic rings. The molecule has 2 atom stereocenters. The van der Waals surface area contributed by atoms with Crippen molar-refractivity contribution in [3.05, 3.63) is 24.3 Å². The topological polar surface area (TPSA) is 104 Å². The summed E-state index contributed by atoms with van der Waals surface area (Å²) in [4.78, 5) is 12.6. The first-order valence-corrected chi connectivity index (χ1v) is 26.1. The van der Waals surface area contributed by atoms with Crippen LogP contribution in [0.3, 0.4) is 0 Å². The number of hydrogen-bond donors (Lipinski definition) is 3. The Kier molecular flexibility index (Phi) is 42.5. The molecule has 0 saturated carbocycles. The summed E-state index contributed by atoms with van der Waals surface area (Å²) in [5.41, 5.74) is 0. The molecular weight excluding hydrogens is 715 g/mol. The van der Waals surface area contributed by atoms with Gasteiger partial charge in [-0.05, 0) is 44.9 Å². The molecule has 7 heteroatoms. The highest BCUT2D eigenvalue weighted by Crippen LogP contribution is 2.17. The number of aliphatic hydroxyl groups excluding tert-OH is 1. The SMILES string of the molecule is CCCCCCC/C=C\C/C=C\CCCCCCCCCCCCCC(=O)NC(CS(=O)(=O)O)C(O)CCCCCCCCCCCCCCCCCCCC. The second-order valence-corrected chi connectivity index (χ2v) is 18.6. The molecule has 0 heterocycles.